The smallest absolute Gasteiger partial charge is 0.0646 e. The van der Waals surface area contributed by atoms with E-state index in [2.05, 4.69) is 65.9 Å². The summed E-state index contributed by atoms with van der Waals surface area (Å²) >= 11 is 0. The number of aliphatic hydroxyl groups excluding tert-OH is 1. The van der Waals surface area contributed by atoms with Gasteiger partial charge >= 0.3 is 0 Å². The van der Waals surface area contributed by atoms with Gasteiger partial charge in [-0.3, -0.25) is 4.68 Å². The molecule has 3 rings (SSSR count). The predicted octanol–water partition coefficient (Wildman–Crippen LogP) is 3.70. The molecule has 4 nitrogen and oxygen atoms in total. The van der Waals surface area contributed by atoms with Crippen LogP contribution in [0.25, 0.3) is 0 Å². The molecule has 1 heterocycles. The second kappa shape index (κ2) is 7.99. The number of rotatable bonds is 7. The normalized spacial score (nSPS) is 10.8. The minimum absolute atomic E-state index is 0.106. The van der Waals surface area contributed by atoms with Crippen LogP contribution in [0.3, 0.4) is 0 Å². The van der Waals surface area contributed by atoms with Crippen LogP contribution >= 0.6 is 0 Å². The standard InChI is InChI=1S/C21H25N3O/c1-16-20(17(2)24(23-16)12-13-25)15-22-21-11-7-6-10-19(21)14-18-8-4-3-5-9-18/h3-11,22,25H,12-15H2,1-2H3. The lowest BCUT2D eigenvalue weighted by Gasteiger charge is -2.13. The first-order valence-electron chi connectivity index (χ1n) is 8.68. The highest BCUT2D eigenvalue weighted by Gasteiger charge is 2.11. The first kappa shape index (κ1) is 17.2. The molecule has 0 aliphatic heterocycles. The number of nitrogens with one attached hydrogen (secondary N) is 1. The number of anilines is 1. The Hall–Kier alpha value is -2.59. The molecule has 0 radical (unpaired) electrons. The van der Waals surface area contributed by atoms with Crippen molar-refractivity contribution in [2.24, 2.45) is 0 Å². The molecule has 0 amide bonds. The van der Waals surface area contributed by atoms with E-state index in [9.17, 15) is 0 Å². The van der Waals surface area contributed by atoms with E-state index in [4.69, 9.17) is 5.11 Å². The summed E-state index contributed by atoms with van der Waals surface area (Å²) in [6.07, 6.45) is 0.908. The van der Waals surface area contributed by atoms with Crippen LogP contribution in [-0.4, -0.2) is 21.5 Å². The molecule has 25 heavy (non-hydrogen) atoms. The highest BCUT2D eigenvalue weighted by atomic mass is 16.3. The molecule has 0 aliphatic carbocycles. The first-order valence-corrected chi connectivity index (χ1v) is 8.68. The van der Waals surface area contributed by atoms with E-state index in [0.29, 0.717) is 6.54 Å². The van der Waals surface area contributed by atoms with Crippen LogP contribution in [-0.2, 0) is 19.5 Å². The Morgan fingerprint density at radius 2 is 1.72 bits per heavy atom. The van der Waals surface area contributed by atoms with E-state index < -0.39 is 0 Å². The lowest BCUT2D eigenvalue weighted by Crippen LogP contribution is -2.07. The number of aromatic nitrogens is 2. The third-order valence-electron chi connectivity index (χ3n) is 4.55. The van der Waals surface area contributed by atoms with Gasteiger partial charge in [0.25, 0.3) is 0 Å². The second-order valence-electron chi connectivity index (χ2n) is 6.27. The van der Waals surface area contributed by atoms with Crippen molar-refractivity contribution in [2.75, 3.05) is 11.9 Å². The maximum Gasteiger partial charge on any atom is 0.0646 e. The monoisotopic (exact) mass is 335 g/mol. The van der Waals surface area contributed by atoms with Crippen LogP contribution in [0.15, 0.2) is 54.6 Å². The number of hydrogen-bond acceptors (Lipinski definition) is 3. The van der Waals surface area contributed by atoms with E-state index in [1.54, 1.807) is 0 Å². The van der Waals surface area contributed by atoms with Crippen molar-refractivity contribution < 1.29 is 5.11 Å². The molecule has 4 heteroatoms. The average Bonchev–Trinajstić information content (AvgIpc) is 2.89. The summed E-state index contributed by atoms with van der Waals surface area (Å²) < 4.78 is 1.88. The van der Waals surface area contributed by atoms with Gasteiger partial charge in [0.05, 0.1) is 18.8 Å². The second-order valence-corrected chi connectivity index (χ2v) is 6.27. The number of benzene rings is 2. The maximum atomic E-state index is 9.15. The van der Waals surface area contributed by atoms with Crippen LogP contribution in [0.4, 0.5) is 5.69 Å². The van der Waals surface area contributed by atoms with Gasteiger partial charge in [-0.05, 0) is 37.5 Å². The van der Waals surface area contributed by atoms with Crippen molar-refractivity contribution >= 4 is 5.69 Å². The number of aryl methyl sites for hydroxylation is 1. The van der Waals surface area contributed by atoms with E-state index in [1.165, 1.54) is 16.7 Å². The zero-order chi connectivity index (χ0) is 17.6. The SMILES string of the molecule is Cc1nn(CCO)c(C)c1CNc1ccccc1Cc1ccccc1. The van der Waals surface area contributed by atoms with Crippen LogP contribution < -0.4 is 5.32 Å². The maximum absolute atomic E-state index is 9.15. The van der Waals surface area contributed by atoms with Gasteiger partial charge in [0.1, 0.15) is 0 Å². The molecule has 0 saturated carbocycles. The lowest BCUT2D eigenvalue weighted by atomic mass is 10.0. The fourth-order valence-electron chi connectivity index (χ4n) is 3.15. The van der Waals surface area contributed by atoms with Gasteiger partial charge in [-0.1, -0.05) is 48.5 Å². The largest absolute Gasteiger partial charge is 0.394 e. The third kappa shape index (κ3) is 4.09. The van der Waals surface area contributed by atoms with Gasteiger partial charge in [0.2, 0.25) is 0 Å². The van der Waals surface area contributed by atoms with Gasteiger partial charge in [0, 0.05) is 23.5 Å². The molecule has 0 fully saturated rings. The molecule has 1 aromatic heterocycles. The topological polar surface area (TPSA) is 50.1 Å². The predicted molar refractivity (Wildman–Crippen MR) is 102 cm³/mol. The van der Waals surface area contributed by atoms with Gasteiger partial charge < -0.3 is 10.4 Å². The molecule has 2 N–H and O–H groups in total. The Balaban J connectivity index is 1.76. The minimum Gasteiger partial charge on any atom is -0.394 e. The quantitative estimate of drug-likeness (QED) is 0.692. The summed E-state index contributed by atoms with van der Waals surface area (Å²) in [6, 6.07) is 19.0. The molecule has 3 aromatic rings. The molecule has 0 bridgehead atoms. The van der Waals surface area contributed by atoms with E-state index in [-0.39, 0.29) is 6.61 Å². The van der Waals surface area contributed by atoms with Gasteiger partial charge in [-0.2, -0.15) is 5.10 Å². The van der Waals surface area contributed by atoms with Gasteiger partial charge in [-0.15, -0.1) is 0 Å². The molecule has 0 atom stereocenters. The molecule has 0 saturated heterocycles. The highest BCUT2D eigenvalue weighted by molar-refractivity contribution is 5.53. The number of nitrogens with zero attached hydrogens (tertiary/aromatic N) is 2. The van der Waals surface area contributed by atoms with Crippen LogP contribution in [0.1, 0.15) is 28.1 Å². The van der Waals surface area contributed by atoms with E-state index >= 15 is 0 Å². The summed E-state index contributed by atoms with van der Waals surface area (Å²) in [6.45, 7) is 5.46. The molecule has 2 aromatic carbocycles. The van der Waals surface area contributed by atoms with E-state index in [1.807, 2.05) is 17.7 Å². The summed E-state index contributed by atoms with van der Waals surface area (Å²) in [7, 11) is 0. The van der Waals surface area contributed by atoms with Crippen molar-refractivity contribution in [1.29, 1.82) is 0 Å². The van der Waals surface area contributed by atoms with Crippen molar-refractivity contribution in [3.8, 4) is 0 Å². The van der Waals surface area contributed by atoms with Crippen molar-refractivity contribution in [3.05, 3.63) is 82.7 Å². The summed E-state index contributed by atoms with van der Waals surface area (Å²) in [4.78, 5) is 0. The fourth-order valence-corrected chi connectivity index (χ4v) is 3.15. The third-order valence-corrected chi connectivity index (χ3v) is 4.55. The lowest BCUT2D eigenvalue weighted by molar-refractivity contribution is 0.268. The molecule has 130 valence electrons. The molecular formula is C21H25N3O. The Morgan fingerprint density at radius 1 is 1.00 bits per heavy atom. The Morgan fingerprint density at radius 3 is 2.48 bits per heavy atom. The number of hydrogen-bond donors (Lipinski definition) is 2. The molecule has 0 unspecified atom stereocenters. The molecule has 0 aliphatic rings. The highest BCUT2D eigenvalue weighted by Crippen LogP contribution is 2.21. The fraction of sp³-hybridized carbons (Fsp3) is 0.286. The Bertz CT molecular complexity index is 824. The number of aliphatic hydroxyl groups is 1. The first-order chi connectivity index (χ1) is 12.2. The summed E-state index contributed by atoms with van der Waals surface area (Å²) in [5, 5.41) is 17.2. The minimum atomic E-state index is 0.106. The van der Waals surface area contributed by atoms with Crippen LogP contribution in [0.2, 0.25) is 0 Å². The Kier molecular flexibility index (Phi) is 5.51. The van der Waals surface area contributed by atoms with Crippen LogP contribution in [0.5, 0.6) is 0 Å². The summed E-state index contributed by atoms with van der Waals surface area (Å²) in [5.74, 6) is 0. The molecular weight excluding hydrogens is 310 g/mol. The van der Waals surface area contributed by atoms with Crippen molar-refractivity contribution in [3.63, 3.8) is 0 Å². The Labute approximate surface area is 149 Å². The van der Waals surface area contributed by atoms with E-state index in [0.717, 1.165) is 30.0 Å². The zero-order valence-electron chi connectivity index (χ0n) is 14.9. The summed E-state index contributed by atoms with van der Waals surface area (Å²) in [5.41, 5.74) is 7.06. The van der Waals surface area contributed by atoms with Crippen molar-refractivity contribution in [2.45, 2.75) is 33.4 Å². The zero-order valence-corrected chi connectivity index (χ0v) is 14.9. The molecule has 0 spiro atoms. The number of para-hydroxylation sites is 1. The van der Waals surface area contributed by atoms with Gasteiger partial charge in [0.15, 0.2) is 0 Å². The average molecular weight is 335 g/mol. The van der Waals surface area contributed by atoms with Gasteiger partial charge in [-0.25, -0.2) is 0 Å². The van der Waals surface area contributed by atoms with Crippen molar-refractivity contribution in [1.82, 2.24) is 9.78 Å². The van der Waals surface area contributed by atoms with Crippen LogP contribution in [0, 0.1) is 13.8 Å².